The zero-order valence-electron chi connectivity index (χ0n) is 10.7. The average molecular weight is 336 g/mol. The number of nitrogens with two attached hydrogens (primary N) is 1. The van der Waals surface area contributed by atoms with Gasteiger partial charge in [-0.05, 0) is 31.5 Å². The molecule has 3 nitrogen and oxygen atoms in total. The third kappa shape index (κ3) is 5.85. The van der Waals surface area contributed by atoms with Crippen molar-refractivity contribution < 1.29 is 4.79 Å². The standard InChI is InChI=1S/C13H19BrN2O.ClH/c1-3-16(13(17)7-10(2)15)9-11-5-4-6-12(14)8-11;/h4-6,8,10H,3,7,9,15H2,1-2H3;1H. The lowest BCUT2D eigenvalue weighted by atomic mass is 10.2. The van der Waals surface area contributed by atoms with Gasteiger partial charge in [0.1, 0.15) is 0 Å². The molecule has 1 aromatic carbocycles. The van der Waals surface area contributed by atoms with Crippen LogP contribution in [0.5, 0.6) is 0 Å². The fourth-order valence-corrected chi connectivity index (χ4v) is 2.08. The van der Waals surface area contributed by atoms with Gasteiger partial charge in [-0.2, -0.15) is 0 Å². The SMILES string of the molecule is CCN(Cc1cccc(Br)c1)C(=O)CC(C)N.Cl. The highest BCUT2D eigenvalue weighted by molar-refractivity contribution is 9.10. The Morgan fingerprint density at radius 1 is 1.50 bits per heavy atom. The van der Waals surface area contributed by atoms with E-state index in [0.717, 1.165) is 10.0 Å². The number of amides is 1. The van der Waals surface area contributed by atoms with Crippen molar-refractivity contribution in [3.8, 4) is 0 Å². The molecule has 0 bridgehead atoms. The molecule has 2 N–H and O–H groups in total. The quantitative estimate of drug-likeness (QED) is 0.899. The summed E-state index contributed by atoms with van der Waals surface area (Å²) in [6.07, 6.45) is 0.405. The monoisotopic (exact) mass is 334 g/mol. The maximum Gasteiger partial charge on any atom is 0.224 e. The van der Waals surface area contributed by atoms with Crippen molar-refractivity contribution in [2.75, 3.05) is 6.54 Å². The van der Waals surface area contributed by atoms with E-state index in [2.05, 4.69) is 15.9 Å². The van der Waals surface area contributed by atoms with Crippen molar-refractivity contribution >= 4 is 34.2 Å². The summed E-state index contributed by atoms with van der Waals surface area (Å²) in [5, 5.41) is 0. The molecule has 0 saturated carbocycles. The van der Waals surface area contributed by atoms with Gasteiger partial charge in [0.15, 0.2) is 0 Å². The van der Waals surface area contributed by atoms with E-state index in [1.165, 1.54) is 0 Å². The van der Waals surface area contributed by atoms with Gasteiger partial charge < -0.3 is 10.6 Å². The molecule has 0 fully saturated rings. The molecule has 0 aliphatic rings. The van der Waals surface area contributed by atoms with Crippen LogP contribution in [0, 0.1) is 0 Å². The third-order valence-corrected chi connectivity index (χ3v) is 2.99. The van der Waals surface area contributed by atoms with E-state index in [-0.39, 0.29) is 24.4 Å². The zero-order chi connectivity index (χ0) is 12.8. The predicted molar refractivity (Wildman–Crippen MR) is 80.7 cm³/mol. The lowest BCUT2D eigenvalue weighted by molar-refractivity contribution is -0.131. The topological polar surface area (TPSA) is 46.3 Å². The Balaban J connectivity index is 0.00000289. The van der Waals surface area contributed by atoms with Gasteiger partial charge in [0.05, 0.1) is 0 Å². The summed E-state index contributed by atoms with van der Waals surface area (Å²) in [4.78, 5) is 13.7. The van der Waals surface area contributed by atoms with E-state index in [1.807, 2.05) is 43.0 Å². The summed E-state index contributed by atoms with van der Waals surface area (Å²) in [6, 6.07) is 7.92. The Morgan fingerprint density at radius 2 is 2.17 bits per heavy atom. The summed E-state index contributed by atoms with van der Waals surface area (Å²) in [5.41, 5.74) is 6.77. The van der Waals surface area contributed by atoms with Crippen LogP contribution in [0.3, 0.4) is 0 Å². The minimum absolute atomic E-state index is 0. The lowest BCUT2D eigenvalue weighted by Crippen LogP contribution is -2.34. The van der Waals surface area contributed by atoms with Crippen LogP contribution >= 0.6 is 28.3 Å². The van der Waals surface area contributed by atoms with Gasteiger partial charge in [0, 0.05) is 30.0 Å². The molecule has 1 rings (SSSR count). The molecule has 18 heavy (non-hydrogen) atoms. The highest BCUT2D eigenvalue weighted by Gasteiger charge is 2.13. The Morgan fingerprint density at radius 3 is 2.67 bits per heavy atom. The second-order valence-electron chi connectivity index (χ2n) is 4.22. The third-order valence-electron chi connectivity index (χ3n) is 2.49. The molecule has 102 valence electrons. The van der Waals surface area contributed by atoms with E-state index in [4.69, 9.17) is 5.73 Å². The molecule has 1 aromatic rings. The largest absolute Gasteiger partial charge is 0.339 e. The maximum atomic E-state index is 11.9. The molecular weight excluding hydrogens is 316 g/mol. The molecule has 0 spiro atoms. The van der Waals surface area contributed by atoms with Gasteiger partial charge in [0.25, 0.3) is 0 Å². The minimum atomic E-state index is -0.0842. The van der Waals surface area contributed by atoms with Crippen molar-refractivity contribution in [2.24, 2.45) is 5.73 Å². The summed E-state index contributed by atoms with van der Waals surface area (Å²) >= 11 is 3.43. The molecule has 0 saturated heterocycles. The van der Waals surface area contributed by atoms with Crippen molar-refractivity contribution in [3.63, 3.8) is 0 Å². The summed E-state index contributed by atoms with van der Waals surface area (Å²) in [5.74, 6) is 0.113. The first-order chi connectivity index (χ1) is 8.02. The molecule has 0 aromatic heterocycles. The minimum Gasteiger partial charge on any atom is -0.339 e. The number of hydrogen-bond acceptors (Lipinski definition) is 2. The normalized spacial score (nSPS) is 11.6. The highest BCUT2D eigenvalue weighted by atomic mass is 79.9. The lowest BCUT2D eigenvalue weighted by Gasteiger charge is -2.22. The number of rotatable bonds is 5. The van der Waals surface area contributed by atoms with Crippen LogP contribution in [0.2, 0.25) is 0 Å². The van der Waals surface area contributed by atoms with Gasteiger partial charge in [-0.3, -0.25) is 4.79 Å². The van der Waals surface area contributed by atoms with Gasteiger partial charge in [-0.15, -0.1) is 12.4 Å². The number of carbonyl (C=O) groups excluding carboxylic acids is 1. The second kappa shape index (κ2) is 8.51. The fraction of sp³-hybridized carbons (Fsp3) is 0.462. The van der Waals surface area contributed by atoms with Gasteiger partial charge in [-0.25, -0.2) is 0 Å². The van der Waals surface area contributed by atoms with Crippen LogP contribution in [0.4, 0.5) is 0 Å². The number of carbonyl (C=O) groups is 1. The van der Waals surface area contributed by atoms with E-state index in [9.17, 15) is 4.79 Å². The van der Waals surface area contributed by atoms with E-state index >= 15 is 0 Å². The molecular formula is C13H20BrClN2O. The molecule has 0 radical (unpaired) electrons. The van der Waals surface area contributed by atoms with Crippen molar-refractivity contribution in [3.05, 3.63) is 34.3 Å². The number of halogens is 2. The summed E-state index contributed by atoms with van der Waals surface area (Å²) in [6.45, 7) is 5.18. The van der Waals surface area contributed by atoms with Crippen LogP contribution in [-0.4, -0.2) is 23.4 Å². The van der Waals surface area contributed by atoms with Crippen LogP contribution in [0.15, 0.2) is 28.7 Å². The van der Waals surface area contributed by atoms with E-state index in [0.29, 0.717) is 19.5 Å². The second-order valence-corrected chi connectivity index (χ2v) is 5.13. The van der Waals surface area contributed by atoms with E-state index in [1.54, 1.807) is 0 Å². The highest BCUT2D eigenvalue weighted by Crippen LogP contribution is 2.14. The first-order valence-corrected chi connectivity index (χ1v) is 6.60. The molecule has 1 atom stereocenters. The fourth-order valence-electron chi connectivity index (χ4n) is 1.64. The van der Waals surface area contributed by atoms with Crippen LogP contribution in [0.25, 0.3) is 0 Å². The summed E-state index contributed by atoms with van der Waals surface area (Å²) < 4.78 is 1.03. The summed E-state index contributed by atoms with van der Waals surface area (Å²) in [7, 11) is 0. The Bertz CT molecular complexity index is 385. The van der Waals surface area contributed by atoms with E-state index < -0.39 is 0 Å². The van der Waals surface area contributed by atoms with Gasteiger partial charge in [-0.1, -0.05) is 28.1 Å². The van der Waals surface area contributed by atoms with Crippen LogP contribution < -0.4 is 5.73 Å². The molecule has 0 aliphatic heterocycles. The van der Waals surface area contributed by atoms with Gasteiger partial charge in [0.2, 0.25) is 5.91 Å². The number of nitrogens with zero attached hydrogens (tertiary/aromatic N) is 1. The van der Waals surface area contributed by atoms with Crippen molar-refractivity contribution in [1.29, 1.82) is 0 Å². The molecule has 0 heterocycles. The van der Waals surface area contributed by atoms with Crippen LogP contribution in [-0.2, 0) is 11.3 Å². The number of hydrogen-bond donors (Lipinski definition) is 1. The molecule has 0 aliphatic carbocycles. The molecule has 5 heteroatoms. The molecule has 1 amide bonds. The number of benzene rings is 1. The average Bonchev–Trinajstić information content (AvgIpc) is 2.24. The van der Waals surface area contributed by atoms with Crippen molar-refractivity contribution in [2.45, 2.75) is 32.9 Å². The maximum absolute atomic E-state index is 11.9. The predicted octanol–water partition coefficient (Wildman–Crippen LogP) is 2.96. The van der Waals surface area contributed by atoms with Gasteiger partial charge >= 0.3 is 0 Å². The first kappa shape index (κ1) is 17.4. The Kier molecular flexibility index (Phi) is 8.24. The first-order valence-electron chi connectivity index (χ1n) is 5.80. The Labute approximate surface area is 123 Å². The smallest absolute Gasteiger partial charge is 0.224 e. The van der Waals surface area contributed by atoms with Crippen LogP contribution in [0.1, 0.15) is 25.8 Å². The molecule has 1 unspecified atom stereocenters. The Hall–Kier alpha value is -0.580. The van der Waals surface area contributed by atoms with Crippen molar-refractivity contribution in [1.82, 2.24) is 4.90 Å². The zero-order valence-corrected chi connectivity index (χ0v) is 13.1.